The van der Waals surface area contributed by atoms with Crippen molar-refractivity contribution in [3.63, 3.8) is 0 Å². The quantitative estimate of drug-likeness (QED) is 0.452. The van der Waals surface area contributed by atoms with Crippen molar-refractivity contribution in [3.05, 3.63) is 124 Å². The minimum Gasteiger partial charge on any atom is -0.341 e. The Bertz CT molecular complexity index is 1300. The summed E-state index contributed by atoms with van der Waals surface area (Å²) in [5, 5.41) is 2.77. The molecule has 0 aliphatic heterocycles. The van der Waals surface area contributed by atoms with Gasteiger partial charge in [0.05, 0.1) is 6.04 Å². The molecule has 33 heavy (non-hydrogen) atoms. The third-order valence-electron chi connectivity index (χ3n) is 5.13. The van der Waals surface area contributed by atoms with Crippen molar-refractivity contribution >= 4 is 5.91 Å². The van der Waals surface area contributed by atoms with Crippen LogP contribution in [0.5, 0.6) is 0 Å². The summed E-state index contributed by atoms with van der Waals surface area (Å²) < 4.78 is 38.5. The van der Waals surface area contributed by atoms with E-state index in [0.717, 1.165) is 28.3 Å². The highest BCUT2D eigenvalue weighted by Crippen LogP contribution is 2.28. The van der Waals surface area contributed by atoms with Crippen LogP contribution in [0.15, 0.2) is 96.1 Å². The number of hydrogen-bond acceptors (Lipinski definition) is 3. The van der Waals surface area contributed by atoms with Gasteiger partial charge in [0.25, 0.3) is 11.5 Å². The molecule has 0 fully saturated rings. The van der Waals surface area contributed by atoms with Crippen LogP contribution in [0, 0.1) is 0 Å². The first kappa shape index (κ1) is 22.0. The lowest BCUT2D eigenvalue weighted by molar-refractivity contribution is -0.141. The van der Waals surface area contributed by atoms with Gasteiger partial charge in [-0.3, -0.25) is 14.6 Å². The number of halogens is 3. The summed E-state index contributed by atoms with van der Waals surface area (Å²) in [5.74, 6) is -0.781. The average molecular weight is 449 g/mol. The van der Waals surface area contributed by atoms with Gasteiger partial charge in [-0.25, -0.2) is 0 Å². The van der Waals surface area contributed by atoms with E-state index in [2.05, 4.69) is 10.3 Å². The number of nitrogens with zero attached hydrogens (tertiary/aromatic N) is 1. The molecule has 2 aromatic carbocycles. The topological polar surface area (TPSA) is 74.8 Å². The molecule has 4 rings (SSSR count). The highest BCUT2D eigenvalue weighted by atomic mass is 19.4. The number of aromatic amines is 1. The lowest BCUT2D eigenvalue weighted by Crippen LogP contribution is -2.34. The first-order valence-corrected chi connectivity index (χ1v) is 9.99. The molecule has 0 saturated heterocycles. The van der Waals surface area contributed by atoms with E-state index in [1.54, 1.807) is 17.4 Å². The van der Waals surface area contributed by atoms with Gasteiger partial charge in [-0.1, -0.05) is 54.6 Å². The number of pyridine rings is 2. The van der Waals surface area contributed by atoms with Crippen molar-refractivity contribution in [1.29, 1.82) is 0 Å². The van der Waals surface area contributed by atoms with Gasteiger partial charge in [-0.05, 0) is 46.5 Å². The molecule has 0 spiro atoms. The van der Waals surface area contributed by atoms with E-state index in [0.29, 0.717) is 6.07 Å². The zero-order chi connectivity index (χ0) is 23.4. The molecule has 0 radical (unpaired) electrons. The maximum Gasteiger partial charge on any atom is 0.431 e. The molecule has 0 saturated carbocycles. The molecular formula is C25H18F3N3O2. The molecule has 4 aromatic rings. The Morgan fingerprint density at radius 1 is 0.818 bits per heavy atom. The molecule has 1 atom stereocenters. The van der Waals surface area contributed by atoms with E-state index in [1.807, 2.05) is 66.7 Å². The van der Waals surface area contributed by atoms with Crippen molar-refractivity contribution in [3.8, 4) is 11.1 Å². The van der Waals surface area contributed by atoms with Crippen LogP contribution in [0.3, 0.4) is 0 Å². The maximum atomic E-state index is 12.9. The normalized spacial score (nSPS) is 12.2. The fraction of sp³-hybridized carbons (Fsp3) is 0.0800. The van der Waals surface area contributed by atoms with Gasteiger partial charge < -0.3 is 10.3 Å². The Labute approximate surface area is 187 Å². The van der Waals surface area contributed by atoms with Crippen molar-refractivity contribution < 1.29 is 18.0 Å². The van der Waals surface area contributed by atoms with Gasteiger partial charge in [0.1, 0.15) is 11.3 Å². The number of H-pyrrole nitrogens is 1. The average Bonchev–Trinajstić information content (AvgIpc) is 2.83. The minimum atomic E-state index is -4.71. The predicted molar refractivity (Wildman–Crippen MR) is 117 cm³/mol. The SMILES string of the molecule is O=C(NC(c1ccccc1)c1ccc(-c2ccncc2)cc1)c1ccc(C(F)(F)F)[nH]c1=O. The first-order valence-electron chi connectivity index (χ1n) is 9.99. The second kappa shape index (κ2) is 9.12. The molecule has 0 bridgehead atoms. The van der Waals surface area contributed by atoms with E-state index in [4.69, 9.17) is 0 Å². The van der Waals surface area contributed by atoms with Gasteiger partial charge in [0.15, 0.2) is 0 Å². The van der Waals surface area contributed by atoms with Crippen LogP contribution in [-0.4, -0.2) is 15.9 Å². The van der Waals surface area contributed by atoms with Crippen LogP contribution < -0.4 is 10.9 Å². The molecule has 2 N–H and O–H groups in total. The molecule has 166 valence electrons. The number of benzene rings is 2. The van der Waals surface area contributed by atoms with Gasteiger partial charge in [-0.2, -0.15) is 13.2 Å². The summed E-state index contributed by atoms with van der Waals surface area (Å²) >= 11 is 0. The van der Waals surface area contributed by atoms with Crippen molar-refractivity contribution in [2.24, 2.45) is 0 Å². The van der Waals surface area contributed by atoms with E-state index in [-0.39, 0.29) is 0 Å². The number of alkyl halides is 3. The molecule has 8 heteroatoms. The Kier molecular flexibility index (Phi) is 6.08. The highest BCUT2D eigenvalue weighted by molar-refractivity contribution is 5.94. The second-order valence-corrected chi connectivity index (χ2v) is 7.29. The zero-order valence-electron chi connectivity index (χ0n) is 17.1. The number of carbonyl (C=O) groups excluding carboxylic acids is 1. The van der Waals surface area contributed by atoms with E-state index < -0.39 is 34.9 Å². The molecule has 0 aliphatic rings. The molecule has 2 aromatic heterocycles. The van der Waals surface area contributed by atoms with Gasteiger partial charge in [-0.15, -0.1) is 0 Å². The number of aromatic nitrogens is 2. The van der Waals surface area contributed by atoms with Gasteiger partial charge >= 0.3 is 6.18 Å². The molecule has 0 aliphatic carbocycles. The van der Waals surface area contributed by atoms with E-state index in [1.165, 1.54) is 0 Å². The fourth-order valence-corrected chi connectivity index (χ4v) is 3.44. The third kappa shape index (κ3) is 5.01. The number of hydrogen-bond donors (Lipinski definition) is 2. The summed E-state index contributed by atoms with van der Waals surface area (Å²) in [6, 6.07) is 21.3. The fourth-order valence-electron chi connectivity index (χ4n) is 3.44. The van der Waals surface area contributed by atoms with Gasteiger partial charge in [0, 0.05) is 12.4 Å². The van der Waals surface area contributed by atoms with Crippen LogP contribution in [0.4, 0.5) is 13.2 Å². The van der Waals surface area contributed by atoms with Crippen molar-refractivity contribution in [1.82, 2.24) is 15.3 Å². The minimum absolute atomic E-state index is 0.405. The highest BCUT2D eigenvalue weighted by Gasteiger charge is 2.32. The monoisotopic (exact) mass is 449 g/mol. The molecule has 1 unspecified atom stereocenters. The van der Waals surface area contributed by atoms with E-state index in [9.17, 15) is 22.8 Å². The first-order chi connectivity index (χ1) is 15.8. The smallest absolute Gasteiger partial charge is 0.341 e. The lowest BCUT2D eigenvalue weighted by Gasteiger charge is -2.20. The lowest BCUT2D eigenvalue weighted by atomic mass is 9.96. The second-order valence-electron chi connectivity index (χ2n) is 7.29. The number of nitrogens with one attached hydrogen (secondary N) is 2. The van der Waals surface area contributed by atoms with Gasteiger partial charge in [0.2, 0.25) is 0 Å². The summed E-state index contributed by atoms with van der Waals surface area (Å²) in [6.45, 7) is 0. The predicted octanol–water partition coefficient (Wildman–Crippen LogP) is 4.98. The summed E-state index contributed by atoms with van der Waals surface area (Å²) in [5.41, 5.74) is 0.711. The van der Waals surface area contributed by atoms with Crippen LogP contribution in [0.1, 0.15) is 33.2 Å². The standard InChI is InChI=1S/C25H18F3N3O2/c26-25(27,28)21-11-10-20(23(32)30-21)24(33)31-22(18-4-2-1-3-5-18)19-8-6-16(7-9-19)17-12-14-29-15-13-17/h1-15,22H,(H,30,32)(H,31,33). The summed E-state index contributed by atoms with van der Waals surface area (Å²) in [7, 11) is 0. The molecule has 2 heterocycles. The van der Waals surface area contributed by atoms with Crippen molar-refractivity contribution in [2.45, 2.75) is 12.2 Å². The summed E-state index contributed by atoms with van der Waals surface area (Å²) in [6.07, 6.45) is -1.33. The molecular weight excluding hydrogens is 431 g/mol. The Morgan fingerprint density at radius 2 is 1.42 bits per heavy atom. The van der Waals surface area contributed by atoms with Crippen LogP contribution >= 0.6 is 0 Å². The zero-order valence-corrected chi connectivity index (χ0v) is 17.1. The Balaban J connectivity index is 1.65. The summed E-state index contributed by atoms with van der Waals surface area (Å²) in [4.78, 5) is 30.7. The largest absolute Gasteiger partial charge is 0.431 e. The molecule has 5 nitrogen and oxygen atoms in total. The Hall–Kier alpha value is -4.20. The third-order valence-corrected chi connectivity index (χ3v) is 5.13. The van der Waals surface area contributed by atoms with Crippen LogP contribution in [0.25, 0.3) is 11.1 Å². The van der Waals surface area contributed by atoms with E-state index >= 15 is 0 Å². The number of rotatable bonds is 5. The maximum absolute atomic E-state index is 12.9. The number of carbonyl (C=O) groups is 1. The van der Waals surface area contributed by atoms with Crippen LogP contribution in [-0.2, 0) is 6.18 Å². The van der Waals surface area contributed by atoms with Crippen LogP contribution in [0.2, 0.25) is 0 Å². The Morgan fingerprint density at radius 3 is 2.03 bits per heavy atom. The number of amides is 1. The van der Waals surface area contributed by atoms with Crippen molar-refractivity contribution in [2.75, 3.05) is 0 Å². The molecule has 1 amide bonds.